The van der Waals surface area contributed by atoms with Crippen LogP contribution in [0.15, 0.2) is 21.7 Å². The Morgan fingerprint density at radius 2 is 2.12 bits per heavy atom. The molecule has 3 N–H and O–H groups in total. The fraction of sp³-hybridized carbons (Fsp3) is 0.600. The van der Waals surface area contributed by atoms with Crippen LogP contribution in [0.2, 0.25) is 0 Å². The summed E-state index contributed by atoms with van der Waals surface area (Å²) in [6.45, 7) is 0.835. The Hall–Kier alpha value is -0.470. The van der Waals surface area contributed by atoms with Gasteiger partial charge in [-0.05, 0) is 24.3 Å². The molecule has 0 atom stereocenters. The van der Waals surface area contributed by atoms with E-state index in [2.05, 4.69) is 0 Å². The normalized spacial score (nSPS) is 21.5. The first-order valence-electron chi connectivity index (χ1n) is 5.44. The molecular formula is C10H16N2O3S2. The molecule has 5 nitrogen and oxygen atoms in total. The first-order valence-corrected chi connectivity index (χ1v) is 7.76. The van der Waals surface area contributed by atoms with E-state index in [1.807, 2.05) is 0 Å². The van der Waals surface area contributed by atoms with Crippen molar-refractivity contribution in [2.45, 2.75) is 22.7 Å². The molecule has 1 fully saturated rings. The second kappa shape index (κ2) is 4.66. The van der Waals surface area contributed by atoms with Gasteiger partial charge in [-0.15, -0.1) is 11.3 Å². The van der Waals surface area contributed by atoms with Crippen LogP contribution in [-0.4, -0.2) is 43.1 Å². The van der Waals surface area contributed by atoms with Crippen LogP contribution in [0.1, 0.15) is 12.8 Å². The largest absolute Gasteiger partial charge is 0.388 e. The summed E-state index contributed by atoms with van der Waals surface area (Å²) in [7, 11) is -3.38. The summed E-state index contributed by atoms with van der Waals surface area (Å²) < 4.78 is 26.1. The quantitative estimate of drug-likeness (QED) is 0.827. The van der Waals surface area contributed by atoms with E-state index < -0.39 is 15.6 Å². The van der Waals surface area contributed by atoms with Crippen LogP contribution in [-0.2, 0) is 10.0 Å². The Morgan fingerprint density at radius 3 is 2.59 bits per heavy atom. The molecule has 1 aliphatic heterocycles. The van der Waals surface area contributed by atoms with Gasteiger partial charge in [-0.3, -0.25) is 0 Å². The molecular weight excluding hydrogens is 260 g/mol. The molecule has 7 heteroatoms. The average molecular weight is 276 g/mol. The lowest BCUT2D eigenvalue weighted by Gasteiger charge is -2.36. The van der Waals surface area contributed by atoms with Crippen LogP contribution in [0.3, 0.4) is 0 Å². The van der Waals surface area contributed by atoms with Crippen molar-refractivity contribution in [3.8, 4) is 0 Å². The number of hydrogen-bond donors (Lipinski definition) is 2. The second-order valence-electron chi connectivity index (χ2n) is 4.26. The van der Waals surface area contributed by atoms with E-state index in [4.69, 9.17) is 5.73 Å². The van der Waals surface area contributed by atoms with E-state index in [-0.39, 0.29) is 6.54 Å². The van der Waals surface area contributed by atoms with Gasteiger partial charge in [0.15, 0.2) is 0 Å². The third-order valence-corrected chi connectivity index (χ3v) is 6.39. The third-order valence-electron chi connectivity index (χ3n) is 3.12. The Bertz CT molecular complexity index is 462. The maximum atomic E-state index is 12.2. The van der Waals surface area contributed by atoms with E-state index in [0.29, 0.717) is 30.1 Å². The fourth-order valence-electron chi connectivity index (χ4n) is 1.88. The molecule has 0 radical (unpaired) electrons. The van der Waals surface area contributed by atoms with E-state index in [1.54, 1.807) is 17.5 Å². The lowest BCUT2D eigenvalue weighted by atomic mass is 9.93. The SMILES string of the molecule is NCC1(O)CCN(S(=O)(=O)c2cccs2)CC1. The van der Waals surface area contributed by atoms with Crippen molar-refractivity contribution in [1.29, 1.82) is 0 Å². The highest BCUT2D eigenvalue weighted by Gasteiger charge is 2.36. The van der Waals surface area contributed by atoms with Crippen molar-refractivity contribution < 1.29 is 13.5 Å². The van der Waals surface area contributed by atoms with E-state index in [9.17, 15) is 13.5 Å². The standard InChI is InChI=1S/C10H16N2O3S2/c11-8-10(13)3-5-12(6-4-10)17(14,15)9-2-1-7-16-9/h1-2,7,13H,3-6,8,11H2. The van der Waals surface area contributed by atoms with Crippen molar-refractivity contribution in [1.82, 2.24) is 4.31 Å². The Morgan fingerprint density at radius 1 is 1.47 bits per heavy atom. The van der Waals surface area contributed by atoms with Crippen LogP contribution < -0.4 is 5.73 Å². The summed E-state index contributed by atoms with van der Waals surface area (Å²) in [5.41, 5.74) is 4.57. The summed E-state index contributed by atoms with van der Waals surface area (Å²) in [6, 6.07) is 3.32. The van der Waals surface area contributed by atoms with Gasteiger partial charge in [-0.2, -0.15) is 4.31 Å². The van der Waals surface area contributed by atoms with Crippen molar-refractivity contribution >= 4 is 21.4 Å². The molecule has 1 aliphatic rings. The molecule has 17 heavy (non-hydrogen) atoms. The van der Waals surface area contributed by atoms with Gasteiger partial charge in [0, 0.05) is 19.6 Å². The molecule has 0 aliphatic carbocycles. The van der Waals surface area contributed by atoms with Crippen molar-refractivity contribution in [3.63, 3.8) is 0 Å². The smallest absolute Gasteiger partial charge is 0.252 e. The van der Waals surface area contributed by atoms with Gasteiger partial charge < -0.3 is 10.8 Å². The zero-order valence-electron chi connectivity index (χ0n) is 9.37. The van der Waals surface area contributed by atoms with Gasteiger partial charge in [0.25, 0.3) is 10.0 Å². The number of hydrogen-bond acceptors (Lipinski definition) is 5. The first kappa shape index (κ1) is 13.0. The molecule has 2 heterocycles. The summed E-state index contributed by atoms with van der Waals surface area (Å²) in [5, 5.41) is 11.7. The molecule has 1 aromatic heterocycles. The number of thiophene rings is 1. The lowest BCUT2D eigenvalue weighted by Crippen LogP contribution is -2.50. The minimum absolute atomic E-state index is 0.180. The van der Waals surface area contributed by atoms with E-state index in [0.717, 1.165) is 0 Å². The van der Waals surface area contributed by atoms with Gasteiger partial charge in [-0.1, -0.05) is 6.07 Å². The van der Waals surface area contributed by atoms with Gasteiger partial charge >= 0.3 is 0 Å². The van der Waals surface area contributed by atoms with Crippen LogP contribution >= 0.6 is 11.3 Å². The third kappa shape index (κ3) is 2.53. The van der Waals surface area contributed by atoms with Crippen molar-refractivity contribution in [3.05, 3.63) is 17.5 Å². The van der Waals surface area contributed by atoms with E-state index in [1.165, 1.54) is 15.6 Å². The zero-order chi connectivity index (χ0) is 12.5. The molecule has 0 aromatic carbocycles. The highest BCUT2D eigenvalue weighted by molar-refractivity contribution is 7.91. The van der Waals surface area contributed by atoms with Gasteiger partial charge in [0.2, 0.25) is 0 Å². The number of sulfonamides is 1. The predicted molar refractivity (Wildman–Crippen MR) is 66.3 cm³/mol. The maximum absolute atomic E-state index is 12.2. The number of piperidine rings is 1. The number of nitrogens with zero attached hydrogens (tertiary/aromatic N) is 1. The highest BCUT2D eigenvalue weighted by atomic mass is 32.2. The monoisotopic (exact) mass is 276 g/mol. The molecule has 1 saturated heterocycles. The Balaban J connectivity index is 2.12. The summed E-state index contributed by atoms with van der Waals surface area (Å²) in [4.78, 5) is 0. The van der Waals surface area contributed by atoms with Gasteiger partial charge in [-0.25, -0.2) is 8.42 Å². The van der Waals surface area contributed by atoms with Crippen LogP contribution in [0.5, 0.6) is 0 Å². The summed E-state index contributed by atoms with van der Waals surface area (Å²) in [5.74, 6) is 0. The fourth-order valence-corrected chi connectivity index (χ4v) is 4.47. The molecule has 0 unspecified atom stereocenters. The molecule has 96 valence electrons. The van der Waals surface area contributed by atoms with Gasteiger partial charge in [0.1, 0.15) is 4.21 Å². The molecule has 2 rings (SSSR count). The van der Waals surface area contributed by atoms with Gasteiger partial charge in [0.05, 0.1) is 5.60 Å². The molecule has 0 spiro atoms. The van der Waals surface area contributed by atoms with Crippen LogP contribution in [0.25, 0.3) is 0 Å². The first-order chi connectivity index (χ1) is 7.98. The Labute approximate surface area is 105 Å². The molecule has 1 aromatic rings. The summed E-state index contributed by atoms with van der Waals surface area (Å²) >= 11 is 1.21. The highest BCUT2D eigenvalue weighted by Crippen LogP contribution is 2.27. The predicted octanol–water partition coefficient (Wildman–Crippen LogP) is 0.222. The molecule has 0 amide bonds. The van der Waals surface area contributed by atoms with Crippen molar-refractivity contribution in [2.75, 3.05) is 19.6 Å². The molecule has 0 saturated carbocycles. The van der Waals surface area contributed by atoms with Crippen molar-refractivity contribution in [2.24, 2.45) is 5.73 Å². The number of rotatable bonds is 3. The summed E-state index contributed by atoms with van der Waals surface area (Å²) in [6.07, 6.45) is 0.794. The van der Waals surface area contributed by atoms with Crippen LogP contribution in [0.4, 0.5) is 0 Å². The second-order valence-corrected chi connectivity index (χ2v) is 7.38. The van der Waals surface area contributed by atoms with E-state index >= 15 is 0 Å². The topological polar surface area (TPSA) is 83.6 Å². The Kier molecular flexibility index (Phi) is 3.55. The minimum Gasteiger partial charge on any atom is -0.388 e. The number of aliphatic hydroxyl groups is 1. The lowest BCUT2D eigenvalue weighted by molar-refractivity contribution is 0.00348. The maximum Gasteiger partial charge on any atom is 0.252 e. The average Bonchev–Trinajstić information content (AvgIpc) is 2.84. The van der Waals surface area contributed by atoms with Crippen LogP contribution in [0, 0.1) is 0 Å². The zero-order valence-corrected chi connectivity index (χ0v) is 11.0. The number of nitrogens with two attached hydrogens (primary N) is 1. The molecule has 0 bridgehead atoms. The minimum atomic E-state index is -3.38.